The van der Waals surface area contributed by atoms with Crippen molar-refractivity contribution < 1.29 is 4.74 Å². The van der Waals surface area contributed by atoms with Crippen molar-refractivity contribution >= 4 is 33.2 Å². The van der Waals surface area contributed by atoms with E-state index >= 15 is 0 Å². The highest BCUT2D eigenvalue weighted by atomic mass is 79.9. The van der Waals surface area contributed by atoms with Crippen molar-refractivity contribution in [1.29, 1.82) is 0 Å². The van der Waals surface area contributed by atoms with E-state index in [2.05, 4.69) is 80.4 Å². The highest BCUT2D eigenvalue weighted by molar-refractivity contribution is 9.10. The van der Waals surface area contributed by atoms with Crippen molar-refractivity contribution in [3.63, 3.8) is 0 Å². The van der Waals surface area contributed by atoms with Gasteiger partial charge in [0.05, 0.1) is 11.8 Å². The van der Waals surface area contributed by atoms with E-state index in [1.165, 1.54) is 11.1 Å². The first-order chi connectivity index (χ1) is 16.1. The van der Waals surface area contributed by atoms with Crippen molar-refractivity contribution in [2.75, 3.05) is 13.1 Å². The Labute approximate surface area is 207 Å². The van der Waals surface area contributed by atoms with Gasteiger partial charge in [0.15, 0.2) is 0 Å². The summed E-state index contributed by atoms with van der Waals surface area (Å²) >= 11 is 10.2. The average Bonchev–Trinajstić information content (AvgIpc) is 3.29. The third-order valence-electron chi connectivity index (χ3n) is 7.03. The van der Waals surface area contributed by atoms with E-state index in [-0.39, 0.29) is 6.04 Å². The van der Waals surface area contributed by atoms with Gasteiger partial charge in [-0.2, -0.15) is 5.10 Å². The Balaban J connectivity index is 1.32. The van der Waals surface area contributed by atoms with Crippen molar-refractivity contribution in [3.05, 3.63) is 99.0 Å². The fourth-order valence-electron chi connectivity index (χ4n) is 5.34. The predicted molar refractivity (Wildman–Crippen MR) is 136 cm³/mol. The maximum Gasteiger partial charge on any atom is 0.200 e. The van der Waals surface area contributed by atoms with Gasteiger partial charge in [-0.15, -0.1) is 0 Å². The van der Waals surface area contributed by atoms with Gasteiger partial charge in [-0.3, -0.25) is 4.90 Å². The topological polar surface area (TPSA) is 28.1 Å². The van der Waals surface area contributed by atoms with Crippen LogP contribution in [0, 0.1) is 0 Å². The lowest BCUT2D eigenvalue weighted by Crippen LogP contribution is -2.59. The molecule has 4 nitrogen and oxygen atoms in total. The maximum absolute atomic E-state index is 6.78. The first kappa shape index (κ1) is 21.2. The van der Waals surface area contributed by atoms with Gasteiger partial charge in [-0.25, -0.2) is 5.01 Å². The molecule has 1 saturated heterocycles. The van der Waals surface area contributed by atoms with Crippen LogP contribution in [0.2, 0.25) is 5.02 Å². The molecule has 33 heavy (non-hydrogen) atoms. The van der Waals surface area contributed by atoms with Crippen molar-refractivity contribution in [2.45, 2.75) is 37.6 Å². The molecule has 0 unspecified atom stereocenters. The summed E-state index contributed by atoms with van der Waals surface area (Å²) in [6.45, 7) is 2.92. The van der Waals surface area contributed by atoms with Crippen LogP contribution in [0.3, 0.4) is 0 Å². The Morgan fingerprint density at radius 1 is 1.00 bits per heavy atom. The van der Waals surface area contributed by atoms with Gasteiger partial charge >= 0.3 is 0 Å². The summed E-state index contributed by atoms with van der Waals surface area (Å²) in [7, 11) is 0. The number of likely N-dealkylation sites (tertiary alicyclic amines) is 1. The molecule has 3 aromatic carbocycles. The Bertz CT molecular complexity index is 1210. The van der Waals surface area contributed by atoms with Crippen LogP contribution in [0.1, 0.15) is 42.0 Å². The molecule has 1 fully saturated rings. The molecule has 3 aromatic rings. The largest absolute Gasteiger partial charge is 0.466 e. The quantitative estimate of drug-likeness (QED) is 0.386. The summed E-state index contributed by atoms with van der Waals surface area (Å²) < 4.78 is 7.84. The number of halogens is 2. The van der Waals surface area contributed by atoms with Crippen LogP contribution in [-0.4, -0.2) is 34.4 Å². The number of benzene rings is 3. The minimum atomic E-state index is -0.429. The molecule has 6 rings (SSSR count). The van der Waals surface area contributed by atoms with E-state index in [1.54, 1.807) is 0 Å². The lowest BCUT2D eigenvalue weighted by atomic mass is 9.90. The minimum absolute atomic E-state index is 0.151. The van der Waals surface area contributed by atoms with Gasteiger partial charge in [0.2, 0.25) is 5.72 Å². The van der Waals surface area contributed by atoms with Crippen LogP contribution < -0.4 is 4.74 Å². The number of nitrogens with zero attached hydrogens (tertiary/aromatic N) is 3. The second kappa shape index (κ2) is 8.46. The highest BCUT2D eigenvalue weighted by Gasteiger charge is 2.51. The lowest BCUT2D eigenvalue weighted by Gasteiger charge is -2.51. The van der Waals surface area contributed by atoms with Crippen molar-refractivity contribution in [3.8, 4) is 5.75 Å². The second-order valence-corrected chi connectivity index (χ2v) is 10.4. The summed E-state index contributed by atoms with van der Waals surface area (Å²) in [6.07, 6.45) is 2.64. The SMILES string of the molecule is Clc1ccccc1C1=NN2[C@H](C1)c1cc(Br)ccc1OC21CCN(Cc2ccccc2)CC1. The summed E-state index contributed by atoms with van der Waals surface area (Å²) in [5, 5.41) is 8.16. The van der Waals surface area contributed by atoms with E-state index < -0.39 is 5.72 Å². The molecule has 3 aliphatic heterocycles. The summed E-state index contributed by atoms with van der Waals surface area (Å²) in [5.41, 5.74) is 4.16. The van der Waals surface area contributed by atoms with Crippen LogP contribution in [-0.2, 0) is 6.54 Å². The summed E-state index contributed by atoms with van der Waals surface area (Å²) in [4.78, 5) is 2.52. The van der Waals surface area contributed by atoms with Crippen LogP contribution in [0.4, 0.5) is 0 Å². The Morgan fingerprint density at radius 2 is 1.76 bits per heavy atom. The van der Waals surface area contributed by atoms with Gasteiger partial charge in [-0.1, -0.05) is 76.1 Å². The number of fused-ring (bicyclic) bond motifs is 4. The van der Waals surface area contributed by atoms with Crippen LogP contribution >= 0.6 is 27.5 Å². The molecule has 6 heteroatoms. The molecule has 168 valence electrons. The Morgan fingerprint density at radius 3 is 2.55 bits per heavy atom. The number of hydrogen-bond donors (Lipinski definition) is 0. The molecule has 3 heterocycles. The first-order valence-electron chi connectivity index (χ1n) is 11.5. The Kier molecular flexibility index (Phi) is 5.44. The molecule has 0 amide bonds. The zero-order valence-corrected chi connectivity index (χ0v) is 20.6. The zero-order chi connectivity index (χ0) is 22.4. The smallest absolute Gasteiger partial charge is 0.200 e. The van der Waals surface area contributed by atoms with E-state index in [1.807, 2.05) is 18.2 Å². The lowest BCUT2D eigenvalue weighted by molar-refractivity contribution is -0.150. The standard InChI is InChI=1S/C27H25BrClN3O/c28-20-10-11-26-22(16-20)25-17-24(21-8-4-5-9-23(21)29)30-32(25)27(33-26)12-14-31(15-13-27)18-19-6-2-1-3-7-19/h1-11,16,25H,12-15,17-18H2/t25-/m1/s1. The molecule has 0 aliphatic carbocycles. The molecule has 0 radical (unpaired) electrons. The van der Waals surface area contributed by atoms with Crippen LogP contribution in [0.25, 0.3) is 0 Å². The molecule has 0 N–H and O–H groups in total. The molecule has 1 spiro atoms. The van der Waals surface area contributed by atoms with Crippen molar-refractivity contribution in [1.82, 2.24) is 9.91 Å². The van der Waals surface area contributed by atoms with Crippen LogP contribution in [0.5, 0.6) is 5.75 Å². The second-order valence-electron chi connectivity index (χ2n) is 9.08. The number of rotatable bonds is 3. The maximum atomic E-state index is 6.78. The predicted octanol–water partition coefficient (Wildman–Crippen LogP) is 6.64. The van der Waals surface area contributed by atoms with Crippen LogP contribution in [0.15, 0.2) is 82.4 Å². The monoisotopic (exact) mass is 521 g/mol. The van der Waals surface area contributed by atoms with E-state index in [0.29, 0.717) is 0 Å². The minimum Gasteiger partial charge on any atom is -0.466 e. The van der Waals surface area contributed by atoms with Gasteiger partial charge in [-0.05, 0) is 29.8 Å². The first-order valence-corrected chi connectivity index (χ1v) is 12.6. The molecular weight excluding hydrogens is 498 g/mol. The van der Waals surface area contributed by atoms with E-state index in [9.17, 15) is 0 Å². The molecule has 0 bridgehead atoms. The fourth-order valence-corrected chi connectivity index (χ4v) is 5.97. The van der Waals surface area contributed by atoms with Crippen molar-refractivity contribution in [2.24, 2.45) is 5.10 Å². The summed E-state index contributed by atoms with van der Waals surface area (Å²) in [5.74, 6) is 0.978. The Hall–Kier alpha value is -2.34. The number of piperidine rings is 1. The molecule has 0 saturated carbocycles. The highest BCUT2D eigenvalue weighted by Crippen LogP contribution is 2.50. The zero-order valence-electron chi connectivity index (χ0n) is 18.3. The number of ether oxygens (including phenoxy) is 1. The number of hydrogen-bond acceptors (Lipinski definition) is 4. The molecule has 3 aliphatic rings. The number of hydrazone groups is 1. The molecule has 1 atom stereocenters. The summed E-state index contributed by atoms with van der Waals surface area (Å²) in [6, 6.07) is 25.2. The average molecular weight is 523 g/mol. The fraction of sp³-hybridized carbons (Fsp3) is 0.296. The van der Waals surface area contributed by atoms with Gasteiger partial charge in [0.1, 0.15) is 5.75 Å². The normalized spacial score (nSPS) is 21.3. The van der Waals surface area contributed by atoms with E-state index in [4.69, 9.17) is 21.4 Å². The molecule has 0 aromatic heterocycles. The van der Waals surface area contributed by atoms with Gasteiger partial charge in [0.25, 0.3) is 0 Å². The third-order valence-corrected chi connectivity index (χ3v) is 7.85. The van der Waals surface area contributed by atoms with Gasteiger partial charge in [0, 0.05) is 59.5 Å². The van der Waals surface area contributed by atoms with Gasteiger partial charge < -0.3 is 4.74 Å². The van der Waals surface area contributed by atoms with E-state index in [0.717, 1.165) is 65.4 Å². The third kappa shape index (κ3) is 3.86. The molecular formula is C27H25BrClN3O.